The monoisotopic (exact) mass is 544 g/mol. The highest BCUT2D eigenvalue weighted by atomic mass is 16.6. The molecule has 2 fully saturated rings. The fourth-order valence-electron chi connectivity index (χ4n) is 3.92. The smallest absolute Gasteiger partial charge is 0.410 e. The van der Waals surface area contributed by atoms with Crippen LogP contribution in [0.2, 0.25) is 0 Å². The van der Waals surface area contributed by atoms with E-state index in [2.05, 4.69) is 0 Å². The number of piperidine rings is 2. The summed E-state index contributed by atoms with van der Waals surface area (Å²) < 4.78 is 20.6. The minimum atomic E-state index is -0.546. The van der Waals surface area contributed by atoms with Gasteiger partial charge < -0.3 is 40.2 Å². The Labute approximate surface area is 226 Å². The van der Waals surface area contributed by atoms with Crippen molar-refractivity contribution in [3.05, 3.63) is 0 Å². The molecule has 38 heavy (non-hydrogen) atoms. The van der Waals surface area contributed by atoms with Crippen molar-refractivity contribution in [3.63, 3.8) is 0 Å². The number of rotatable bonds is 4. The maximum atomic E-state index is 12.0. The standard InChI is InChI=1S/2C13H24N2O4/c2*1-5-18-11(16)9-8-15(7-6-10(9)14)12(17)19-13(2,3)4/h2*9-10H,5-8,14H2,1-4H3/t2*9-,10+/m10/s1. The van der Waals surface area contributed by atoms with Gasteiger partial charge in [-0.05, 0) is 68.2 Å². The Morgan fingerprint density at radius 1 is 0.684 bits per heavy atom. The third kappa shape index (κ3) is 11.4. The van der Waals surface area contributed by atoms with Gasteiger partial charge in [0.1, 0.15) is 11.2 Å². The van der Waals surface area contributed by atoms with Crippen LogP contribution in [0.3, 0.4) is 0 Å². The lowest BCUT2D eigenvalue weighted by molar-refractivity contribution is -0.151. The van der Waals surface area contributed by atoms with Gasteiger partial charge in [0.05, 0.1) is 25.0 Å². The largest absolute Gasteiger partial charge is 0.466 e. The summed E-state index contributed by atoms with van der Waals surface area (Å²) in [4.78, 5) is 50.5. The Kier molecular flexibility index (Phi) is 12.8. The molecule has 0 saturated carbocycles. The number of nitrogens with zero attached hydrogens (tertiary/aromatic N) is 2. The highest BCUT2D eigenvalue weighted by Crippen LogP contribution is 2.21. The Morgan fingerprint density at radius 3 is 1.26 bits per heavy atom. The molecular weight excluding hydrogens is 496 g/mol. The van der Waals surface area contributed by atoms with Gasteiger partial charge in [-0.15, -0.1) is 0 Å². The first-order chi connectivity index (χ1) is 17.5. The number of esters is 2. The molecule has 0 unspecified atom stereocenters. The van der Waals surface area contributed by atoms with Crippen LogP contribution in [0, 0.1) is 11.8 Å². The van der Waals surface area contributed by atoms with Crippen molar-refractivity contribution >= 4 is 24.1 Å². The van der Waals surface area contributed by atoms with Crippen molar-refractivity contribution in [2.75, 3.05) is 39.4 Å². The number of likely N-dealkylation sites (tertiary alicyclic amines) is 2. The molecule has 4 atom stereocenters. The van der Waals surface area contributed by atoms with E-state index in [-0.39, 0.29) is 37.1 Å². The molecule has 2 aliphatic heterocycles. The molecule has 2 aliphatic rings. The fourth-order valence-corrected chi connectivity index (χ4v) is 3.92. The highest BCUT2D eigenvalue weighted by Gasteiger charge is 2.37. The minimum absolute atomic E-state index is 0.259. The highest BCUT2D eigenvalue weighted by molar-refractivity contribution is 5.76. The molecule has 0 aliphatic carbocycles. The number of ether oxygens (including phenoxy) is 4. The van der Waals surface area contributed by atoms with E-state index in [1.165, 1.54) is 9.80 Å². The Morgan fingerprint density at radius 2 is 1.00 bits per heavy atom. The van der Waals surface area contributed by atoms with E-state index in [0.717, 1.165) is 0 Å². The van der Waals surface area contributed by atoms with Crippen LogP contribution in [-0.4, -0.2) is 96.6 Å². The zero-order valence-electron chi connectivity index (χ0n) is 24.3. The molecule has 0 aromatic rings. The predicted octanol–water partition coefficient (Wildman–Crippen LogP) is 2.27. The van der Waals surface area contributed by atoms with E-state index in [0.29, 0.717) is 39.1 Å². The summed E-state index contributed by atoms with van der Waals surface area (Å²) in [6, 6.07) is -0.532. The molecule has 2 saturated heterocycles. The van der Waals surface area contributed by atoms with E-state index >= 15 is 0 Å². The van der Waals surface area contributed by atoms with Crippen molar-refractivity contribution < 1.29 is 38.1 Å². The maximum Gasteiger partial charge on any atom is 0.410 e. The number of carbonyl (C=O) groups excluding carboxylic acids is 4. The van der Waals surface area contributed by atoms with Crippen LogP contribution in [0.4, 0.5) is 9.59 Å². The lowest BCUT2D eigenvalue weighted by Gasteiger charge is -2.36. The van der Waals surface area contributed by atoms with Gasteiger partial charge in [-0.1, -0.05) is 0 Å². The topological polar surface area (TPSA) is 164 Å². The summed E-state index contributed by atoms with van der Waals surface area (Å²) in [5.74, 6) is -1.63. The molecule has 0 bridgehead atoms. The molecule has 4 N–H and O–H groups in total. The molecule has 0 spiro atoms. The van der Waals surface area contributed by atoms with E-state index in [4.69, 9.17) is 30.4 Å². The number of hydrogen-bond acceptors (Lipinski definition) is 10. The van der Waals surface area contributed by atoms with Crippen LogP contribution in [-0.2, 0) is 28.5 Å². The van der Waals surface area contributed by atoms with Crippen LogP contribution >= 0.6 is 0 Å². The molecular formula is C26H48N4O8. The first-order valence-electron chi connectivity index (χ1n) is 13.3. The Hall–Kier alpha value is -2.60. The molecule has 0 aromatic carbocycles. The Bertz CT molecular complexity index is 742. The van der Waals surface area contributed by atoms with Gasteiger partial charge in [0.2, 0.25) is 0 Å². The first-order valence-corrected chi connectivity index (χ1v) is 13.3. The minimum Gasteiger partial charge on any atom is -0.466 e. The number of amides is 2. The predicted molar refractivity (Wildman–Crippen MR) is 141 cm³/mol. The van der Waals surface area contributed by atoms with Crippen LogP contribution in [0.25, 0.3) is 0 Å². The zero-order chi connectivity index (χ0) is 29.3. The molecule has 2 heterocycles. The van der Waals surface area contributed by atoms with Gasteiger partial charge in [-0.3, -0.25) is 9.59 Å². The lowest BCUT2D eigenvalue weighted by atomic mass is 9.93. The fraction of sp³-hybridized carbons (Fsp3) is 0.846. The molecule has 2 amide bonds. The van der Waals surface area contributed by atoms with Crippen LogP contribution in [0.5, 0.6) is 0 Å². The quantitative estimate of drug-likeness (QED) is 0.396. The summed E-state index contributed by atoms with van der Waals surface area (Å²) >= 11 is 0. The first kappa shape index (κ1) is 33.4. The number of hydrogen-bond donors (Lipinski definition) is 2. The summed E-state index contributed by atoms with van der Waals surface area (Å²) in [6.07, 6.45) is 0.327. The van der Waals surface area contributed by atoms with E-state index < -0.39 is 35.2 Å². The molecule has 12 nitrogen and oxygen atoms in total. The van der Waals surface area contributed by atoms with Gasteiger partial charge in [-0.25, -0.2) is 9.59 Å². The van der Waals surface area contributed by atoms with E-state index in [9.17, 15) is 19.2 Å². The van der Waals surface area contributed by atoms with E-state index in [1.54, 1.807) is 13.8 Å². The summed E-state index contributed by atoms with van der Waals surface area (Å²) in [6.45, 7) is 16.5. The van der Waals surface area contributed by atoms with E-state index in [1.807, 2.05) is 41.5 Å². The average Bonchev–Trinajstić information content (AvgIpc) is 2.78. The van der Waals surface area contributed by atoms with Crippen molar-refractivity contribution in [1.29, 1.82) is 0 Å². The molecule has 220 valence electrons. The van der Waals surface area contributed by atoms with Gasteiger partial charge in [0, 0.05) is 38.3 Å². The summed E-state index contributed by atoms with van der Waals surface area (Å²) in [5.41, 5.74) is 10.7. The second kappa shape index (κ2) is 14.5. The van der Waals surface area contributed by atoms with Gasteiger partial charge in [0.15, 0.2) is 0 Å². The van der Waals surface area contributed by atoms with Crippen LogP contribution < -0.4 is 11.5 Å². The van der Waals surface area contributed by atoms with Crippen molar-refractivity contribution in [3.8, 4) is 0 Å². The summed E-state index contributed by atoms with van der Waals surface area (Å²) in [5, 5.41) is 0. The average molecular weight is 545 g/mol. The van der Waals surface area contributed by atoms with Gasteiger partial charge in [0.25, 0.3) is 0 Å². The molecule has 2 rings (SSSR count). The van der Waals surface area contributed by atoms with Crippen molar-refractivity contribution in [2.45, 2.75) is 91.5 Å². The SMILES string of the molecule is CCOC(=O)[C@@H]1CN(C(=O)OC(C)(C)C)CC[C@@H]1N.CCOC(=O)[C@H]1CN(C(=O)OC(C)(C)C)CC[C@H]1N. The lowest BCUT2D eigenvalue weighted by Crippen LogP contribution is -2.53. The van der Waals surface area contributed by atoms with Gasteiger partial charge in [-0.2, -0.15) is 0 Å². The van der Waals surface area contributed by atoms with Crippen LogP contribution in [0.1, 0.15) is 68.2 Å². The zero-order valence-corrected chi connectivity index (χ0v) is 24.3. The molecule has 0 aromatic heterocycles. The van der Waals surface area contributed by atoms with Crippen molar-refractivity contribution in [2.24, 2.45) is 23.3 Å². The third-order valence-corrected chi connectivity index (χ3v) is 5.81. The normalized spacial score (nSPS) is 23.9. The number of carbonyl (C=O) groups is 4. The second-order valence-electron chi connectivity index (χ2n) is 11.5. The molecule has 12 heteroatoms. The van der Waals surface area contributed by atoms with Crippen molar-refractivity contribution in [1.82, 2.24) is 9.80 Å². The van der Waals surface area contributed by atoms with Gasteiger partial charge >= 0.3 is 24.1 Å². The second-order valence-corrected chi connectivity index (χ2v) is 11.5. The summed E-state index contributed by atoms with van der Waals surface area (Å²) in [7, 11) is 0. The maximum absolute atomic E-state index is 12.0. The molecule has 0 radical (unpaired) electrons. The Balaban J connectivity index is 0.000000380. The number of nitrogens with two attached hydrogens (primary N) is 2. The van der Waals surface area contributed by atoms with Crippen LogP contribution in [0.15, 0.2) is 0 Å². The third-order valence-electron chi connectivity index (χ3n) is 5.81.